The normalized spacial score (nSPS) is 12.8. The van der Waals surface area contributed by atoms with Gasteiger partial charge in [0.2, 0.25) is 5.91 Å². The molecular weight excluding hydrogens is 310 g/mol. The number of nitrogens with zero attached hydrogens (tertiary/aromatic N) is 2. The minimum absolute atomic E-state index is 0.0668. The van der Waals surface area contributed by atoms with Crippen molar-refractivity contribution < 1.29 is 4.79 Å². The Labute approximate surface area is 143 Å². The standard InChI is InChI=1S/C16H29N5OS/c1-5-12(3)21-14(22)7-9-18-16(17-4)19-10-8-15-20-11-13(6-2)23-15/h11-12H,5-10H2,1-4H3,(H,21,22)(H2,17,18,19). The van der Waals surface area contributed by atoms with Crippen molar-refractivity contribution in [3.63, 3.8) is 0 Å². The molecule has 130 valence electrons. The van der Waals surface area contributed by atoms with Gasteiger partial charge in [0.15, 0.2) is 5.96 Å². The van der Waals surface area contributed by atoms with Gasteiger partial charge < -0.3 is 16.0 Å². The number of hydrogen-bond donors (Lipinski definition) is 3. The van der Waals surface area contributed by atoms with Crippen LogP contribution in [-0.2, 0) is 17.6 Å². The molecule has 1 aromatic heterocycles. The molecule has 0 saturated carbocycles. The fourth-order valence-corrected chi connectivity index (χ4v) is 2.74. The van der Waals surface area contributed by atoms with Gasteiger partial charge in [-0.05, 0) is 19.8 Å². The lowest BCUT2D eigenvalue weighted by atomic mass is 10.2. The zero-order valence-corrected chi connectivity index (χ0v) is 15.4. The quantitative estimate of drug-likeness (QED) is 0.473. The summed E-state index contributed by atoms with van der Waals surface area (Å²) in [7, 11) is 1.73. The third-order valence-electron chi connectivity index (χ3n) is 3.47. The molecule has 1 heterocycles. The van der Waals surface area contributed by atoms with Crippen molar-refractivity contribution in [2.75, 3.05) is 20.1 Å². The highest BCUT2D eigenvalue weighted by atomic mass is 32.1. The number of nitrogens with one attached hydrogen (secondary N) is 3. The van der Waals surface area contributed by atoms with Gasteiger partial charge in [-0.3, -0.25) is 9.79 Å². The second-order valence-electron chi connectivity index (χ2n) is 5.38. The van der Waals surface area contributed by atoms with Gasteiger partial charge in [-0.25, -0.2) is 4.98 Å². The Morgan fingerprint density at radius 1 is 1.35 bits per heavy atom. The molecule has 1 unspecified atom stereocenters. The summed E-state index contributed by atoms with van der Waals surface area (Å²) in [6.07, 6.45) is 5.24. The smallest absolute Gasteiger partial charge is 0.221 e. The highest BCUT2D eigenvalue weighted by Crippen LogP contribution is 2.13. The van der Waals surface area contributed by atoms with Gasteiger partial charge in [0.1, 0.15) is 0 Å². The summed E-state index contributed by atoms with van der Waals surface area (Å²) in [5.74, 6) is 0.783. The number of thiazole rings is 1. The second kappa shape index (κ2) is 11.0. The number of aliphatic imine (C=N–C) groups is 1. The zero-order chi connectivity index (χ0) is 17.1. The average molecular weight is 340 g/mol. The molecule has 1 amide bonds. The molecule has 0 saturated heterocycles. The van der Waals surface area contributed by atoms with E-state index in [2.05, 4.69) is 39.8 Å². The Morgan fingerprint density at radius 3 is 2.70 bits per heavy atom. The largest absolute Gasteiger partial charge is 0.356 e. The van der Waals surface area contributed by atoms with Gasteiger partial charge in [-0.1, -0.05) is 13.8 Å². The first kappa shape index (κ1) is 19.4. The number of aromatic nitrogens is 1. The van der Waals surface area contributed by atoms with Crippen LogP contribution in [0.5, 0.6) is 0 Å². The summed E-state index contributed by atoms with van der Waals surface area (Å²) < 4.78 is 0. The van der Waals surface area contributed by atoms with E-state index in [0.717, 1.165) is 30.8 Å². The van der Waals surface area contributed by atoms with Crippen LogP contribution >= 0.6 is 11.3 Å². The lowest BCUT2D eigenvalue weighted by molar-refractivity contribution is -0.121. The maximum Gasteiger partial charge on any atom is 0.221 e. The second-order valence-corrected chi connectivity index (χ2v) is 6.58. The lowest BCUT2D eigenvalue weighted by Crippen LogP contribution is -2.41. The van der Waals surface area contributed by atoms with E-state index in [-0.39, 0.29) is 11.9 Å². The number of amides is 1. The van der Waals surface area contributed by atoms with Crippen molar-refractivity contribution in [3.05, 3.63) is 16.1 Å². The minimum atomic E-state index is 0.0668. The van der Waals surface area contributed by atoms with E-state index in [9.17, 15) is 4.79 Å². The van der Waals surface area contributed by atoms with Gasteiger partial charge in [0, 0.05) is 50.1 Å². The van der Waals surface area contributed by atoms with E-state index in [0.29, 0.717) is 18.9 Å². The summed E-state index contributed by atoms with van der Waals surface area (Å²) in [5.41, 5.74) is 0. The number of rotatable bonds is 9. The first-order valence-corrected chi connectivity index (χ1v) is 9.08. The zero-order valence-electron chi connectivity index (χ0n) is 14.6. The summed E-state index contributed by atoms with van der Waals surface area (Å²) in [4.78, 5) is 21.6. The molecule has 0 aromatic carbocycles. The highest BCUT2D eigenvalue weighted by Gasteiger charge is 2.06. The summed E-state index contributed by atoms with van der Waals surface area (Å²) in [6.45, 7) is 7.54. The van der Waals surface area contributed by atoms with Crippen LogP contribution in [0.3, 0.4) is 0 Å². The van der Waals surface area contributed by atoms with Gasteiger partial charge in [0.05, 0.1) is 5.01 Å². The van der Waals surface area contributed by atoms with E-state index in [1.54, 1.807) is 18.4 Å². The molecule has 0 bridgehead atoms. The Bertz CT molecular complexity index is 500. The van der Waals surface area contributed by atoms with Crippen LogP contribution in [0.25, 0.3) is 0 Å². The third kappa shape index (κ3) is 7.97. The Morgan fingerprint density at radius 2 is 2.09 bits per heavy atom. The van der Waals surface area contributed by atoms with Gasteiger partial charge in [0.25, 0.3) is 0 Å². The summed E-state index contributed by atoms with van der Waals surface area (Å²) in [5, 5.41) is 10.5. The van der Waals surface area contributed by atoms with Crippen LogP contribution in [0.2, 0.25) is 0 Å². The first-order valence-electron chi connectivity index (χ1n) is 8.26. The van der Waals surface area contributed by atoms with E-state index >= 15 is 0 Å². The van der Waals surface area contributed by atoms with Crippen molar-refractivity contribution in [1.82, 2.24) is 20.9 Å². The van der Waals surface area contributed by atoms with Crippen LogP contribution in [0.15, 0.2) is 11.2 Å². The van der Waals surface area contributed by atoms with Crippen LogP contribution in [0.4, 0.5) is 0 Å². The first-order chi connectivity index (χ1) is 11.1. The summed E-state index contributed by atoms with van der Waals surface area (Å²) >= 11 is 1.76. The molecule has 0 spiro atoms. The van der Waals surface area contributed by atoms with Crippen LogP contribution in [0.1, 0.15) is 43.5 Å². The number of hydrogen-bond acceptors (Lipinski definition) is 4. The average Bonchev–Trinajstić information content (AvgIpc) is 3.01. The molecule has 0 fully saturated rings. The van der Waals surface area contributed by atoms with Gasteiger partial charge >= 0.3 is 0 Å². The molecule has 3 N–H and O–H groups in total. The third-order valence-corrected chi connectivity index (χ3v) is 4.67. The molecule has 0 aliphatic carbocycles. The predicted molar refractivity (Wildman–Crippen MR) is 97.1 cm³/mol. The highest BCUT2D eigenvalue weighted by molar-refractivity contribution is 7.11. The van der Waals surface area contributed by atoms with Crippen LogP contribution in [0, 0.1) is 0 Å². The van der Waals surface area contributed by atoms with E-state index in [1.807, 2.05) is 13.1 Å². The van der Waals surface area contributed by atoms with Gasteiger partial charge in [-0.15, -0.1) is 11.3 Å². The molecule has 6 nitrogen and oxygen atoms in total. The maximum atomic E-state index is 11.7. The van der Waals surface area contributed by atoms with Crippen LogP contribution in [-0.4, -0.2) is 43.0 Å². The van der Waals surface area contributed by atoms with Crippen molar-refractivity contribution in [2.24, 2.45) is 4.99 Å². The number of guanidine groups is 1. The fraction of sp³-hybridized carbons (Fsp3) is 0.688. The monoisotopic (exact) mass is 339 g/mol. The molecule has 0 radical (unpaired) electrons. The van der Waals surface area contributed by atoms with Crippen LogP contribution < -0.4 is 16.0 Å². The molecule has 7 heteroatoms. The molecule has 1 atom stereocenters. The number of aryl methyl sites for hydroxylation is 1. The van der Waals surface area contributed by atoms with Gasteiger partial charge in [-0.2, -0.15) is 0 Å². The molecule has 0 aliphatic rings. The van der Waals surface area contributed by atoms with E-state index in [1.165, 1.54) is 4.88 Å². The lowest BCUT2D eigenvalue weighted by Gasteiger charge is -2.13. The molecule has 1 aromatic rings. The molecule has 0 aliphatic heterocycles. The predicted octanol–water partition coefficient (Wildman–Crippen LogP) is 1.72. The topological polar surface area (TPSA) is 78.4 Å². The van der Waals surface area contributed by atoms with E-state index in [4.69, 9.17) is 0 Å². The molecule has 1 rings (SSSR count). The fourth-order valence-electron chi connectivity index (χ4n) is 1.88. The Kier molecular flexibility index (Phi) is 9.28. The number of carbonyl (C=O) groups is 1. The van der Waals surface area contributed by atoms with Crippen molar-refractivity contribution in [1.29, 1.82) is 0 Å². The summed E-state index contributed by atoms with van der Waals surface area (Å²) in [6, 6.07) is 0.228. The minimum Gasteiger partial charge on any atom is -0.356 e. The van der Waals surface area contributed by atoms with E-state index < -0.39 is 0 Å². The van der Waals surface area contributed by atoms with Crippen molar-refractivity contribution >= 4 is 23.2 Å². The molecular formula is C16H29N5OS. The number of carbonyl (C=O) groups excluding carboxylic acids is 1. The molecule has 23 heavy (non-hydrogen) atoms. The Balaban J connectivity index is 2.20. The maximum absolute atomic E-state index is 11.7. The van der Waals surface area contributed by atoms with Crippen molar-refractivity contribution in [2.45, 2.75) is 52.5 Å². The van der Waals surface area contributed by atoms with Crippen molar-refractivity contribution in [3.8, 4) is 0 Å². The SMILES string of the molecule is CCc1cnc(CCNC(=NC)NCCC(=O)NC(C)CC)s1. The Hall–Kier alpha value is -1.63.